The Morgan fingerprint density at radius 2 is 1.97 bits per heavy atom. The van der Waals surface area contributed by atoms with Crippen LogP contribution < -0.4 is 25.2 Å². The van der Waals surface area contributed by atoms with E-state index in [-0.39, 0.29) is 5.91 Å². The number of carbonyl (C=O) groups is 1. The van der Waals surface area contributed by atoms with Gasteiger partial charge in [-0.25, -0.2) is 4.98 Å². The molecule has 3 aromatic rings. The summed E-state index contributed by atoms with van der Waals surface area (Å²) in [6.45, 7) is 5.12. The Labute approximate surface area is 187 Å². The van der Waals surface area contributed by atoms with Crippen LogP contribution in [0.2, 0.25) is 0 Å². The highest BCUT2D eigenvalue weighted by molar-refractivity contribution is 6.04. The highest BCUT2D eigenvalue weighted by Gasteiger charge is 2.18. The number of anilines is 3. The van der Waals surface area contributed by atoms with E-state index >= 15 is 0 Å². The second-order valence-electron chi connectivity index (χ2n) is 7.94. The third-order valence-corrected chi connectivity index (χ3v) is 5.84. The maximum absolute atomic E-state index is 13.0. The first-order chi connectivity index (χ1) is 15.7. The van der Waals surface area contributed by atoms with Crippen LogP contribution in [0.4, 0.5) is 17.1 Å². The molecule has 5 rings (SSSR count). The van der Waals surface area contributed by atoms with Gasteiger partial charge in [-0.2, -0.15) is 0 Å². The van der Waals surface area contributed by atoms with E-state index in [9.17, 15) is 4.79 Å². The first-order valence-electron chi connectivity index (χ1n) is 10.9. The SMILES string of the molecule is CN1CCOc2cc(-c3cccc(C(=O)Nc4cnccc4N4CCNCC4)n3)ccc21. The maximum atomic E-state index is 13.0. The molecule has 2 N–H and O–H groups in total. The number of likely N-dealkylation sites (N-methyl/N-ethyl adjacent to an activating group) is 1. The number of aromatic nitrogens is 2. The van der Waals surface area contributed by atoms with Crippen LogP contribution in [0, 0.1) is 0 Å². The number of ether oxygens (including phenoxy) is 1. The maximum Gasteiger partial charge on any atom is 0.274 e. The predicted molar refractivity (Wildman–Crippen MR) is 126 cm³/mol. The van der Waals surface area contributed by atoms with Gasteiger partial charge in [-0.05, 0) is 30.3 Å². The summed E-state index contributed by atoms with van der Waals surface area (Å²) in [5.74, 6) is 0.578. The number of fused-ring (bicyclic) bond motifs is 1. The van der Waals surface area contributed by atoms with Crippen LogP contribution in [0.15, 0.2) is 54.9 Å². The smallest absolute Gasteiger partial charge is 0.274 e. The van der Waals surface area contributed by atoms with E-state index in [2.05, 4.69) is 37.4 Å². The van der Waals surface area contributed by atoms with Crippen molar-refractivity contribution in [3.05, 3.63) is 60.6 Å². The topological polar surface area (TPSA) is 82.6 Å². The molecular weight excluding hydrogens is 404 g/mol. The molecule has 1 fully saturated rings. The van der Waals surface area contributed by atoms with Crippen LogP contribution >= 0.6 is 0 Å². The number of rotatable bonds is 4. The van der Waals surface area contributed by atoms with Crippen molar-refractivity contribution in [1.29, 1.82) is 0 Å². The summed E-state index contributed by atoms with van der Waals surface area (Å²) in [5, 5.41) is 6.35. The van der Waals surface area contributed by atoms with Crippen molar-refractivity contribution >= 4 is 23.0 Å². The van der Waals surface area contributed by atoms with Gasteiger partial charge < -0.3 is 25.2 Å². The fourth-order valence-electron chi connectivity index (χ4n) is 4.09. The number of pyridine rings is 2. The van der Waals surface area contributed by atoms with Gasteiger partial charge in [0.2, 0.25) is 0 Å². The summed E-state index contributed by atoms with van der Waals surface area (Å²) in [7, 11) is 2.05. The van der Waals surface area contributed by atoms with E-state index in [0.717, 1.165) is 61.1 Å². The van der Waals surface area contributed by atoms with Crippen LogP contribution in [-0.4, -0.2) is 62.3 Å². The van der Waals surface area contributed by atoms with Crippen molar-refractivity contribution < 1.29 is 9.53 Å². The molecule has 0 unspecified atom stereocenters. The van der Waals surface area contributed by atoms with Crippen LogP contribution in [0.3, 0.4) is 0 Å². The molecule has 1 saturated heterocycles. The van der Waals surface area contributed by atoms with Gasteiger partial charge in [0.05, 0.1) is 35.5 Å². The molecule has 2 aliphatic heterocycles. The van der Waals surface area contributed by atoms with E-state index in [4.69, 9.17) is 4.74 Å². The minimum absolute atomic E-state index is 0.259. The molecule has 0 spiro atoms. The van der Waals surface area contributed by atoms with Crippen molar-refractivity contribution in [2.45, 2.75) is 0 Å². The van der Waals surface area contributed by atoms with Crippen molar-refractivity contribution in [2.75, 3.05) is 61.5 Å². The van der Waals surface area contributed by atoms with Gasteiger partial charge >= 0.3 is 0 Å². The highest BCUT2D eigenvalue weighted by Crippen LogP contribution is 2.34. The molecule has 0 saturated carbocycles. The zero-order valence-corrected chi connectivity index (χ0v) is 18.0. The highest BCUT2D eigenvalue weighted by atomic mass is 16.5. The second kappa shape index (κ2) is 8.84. The Morgan fingerprint density at radius 3 is 2.84 bits per heavy atom. The summed E-state index contributed by atoms with van der Waals surface area (Å²) in [6.07, 6.45) is 3.44. The molecule has 32 heavy (non-hydrogen) atoms. The van der Waals surface area contributed by atoms with Crippen LogP contribution in [0.5, 0.6) is 5.75 Å². The molecule has 164 valence electrons. The minimum Gasteiger partial charge on any atom is -0.490 e. The fraction of sp³-hybridized carbons (Fsp3) is 0.292. The lowest BCUT2D eigenvalue weighted by molar-refractivity contribution is 0.102. The predicted octanol–water partition coefficient (Wildman–Crippen LogP) is 2.63. The second-order valence-corrected chi connectivity index (χ2v) is 7.94. The fourth-order valence-corrected chi connectivity index (χ4v) is 4.09. The molecule has 1 aromatic carbocycles. The van der Waals surface area contributed by atoms with E-state index in [1.54, 1.807) is 18.5 Å². The minimum atomic E-state index is -0.259. The molecule has 1 amide bonds. The number of carbonyl (C=O) groups excluding carboxylic acids is 1. The normalized spacial score (nSPS) is 15.7. The van der Waals surface area contributed by atoms with Crippen molar-refractivity contribution in [2.24, 2.45) is 0 Å². The lowest BCUT2D eigenvalue weighted by atomic mass is 10.1. The molecule has 8 nitrogen and oxygen atoms in total. The first kappa shape index (κ1) is 20.3. The Morgan fingerprint density at radius 1 is 1.09 bits per heavy atom. The molecular formula is C24H26N6O2. The van der Waals surface area contributed by atoms with Crippen molar-refractivity contribution in [3.8, 4) is 17.0 Å². The standard InChI is InChI=1S/C24H26N6O2/c1-29-13-14-32-23-15-17(5-6-22(23)29)18-3-2-4-19(27-18)24(31)28-20-16-26-8-7-21(20)30-11-9-25-10-12-30/h2-8,15-16,25H,9-14H2,1H3,(H,28,31). The van der Waals surface area contributed by atoms with Gasteiger partial charge in [-0.15, -0.1) is 0 Å². The van der Waals surface area contributed by atoms with Gasteiger partial charge in [-0.1, -0.05) is 12.1 Å². The molecule has 4 heterocycles. The summed E-state index contributed by atoms with van der Waals surface area (Å²) in [4.78, 5) is 26.3. The van der Waals surface area contributed by atoms with Gasteiger partial charge in [0.15, 0.2) is 0 Å². The van der Waals surface area contributed by atoms with Gasteiger partial charge in [0.1, 0.15) is 18.1 Å². The van der Waals surface area contributed by atoms with E-state index < -0.39 is 0 Å². The Hall–Kier alpha value is -3.65. The number of piperazine rings is 1. The quantitative estimate of drug-likeness (QED) is 0.658. The zero-order valence-electron chi connectivity index (χ0n) is 18.0. The van der Waals surface area contributed by atoms with Crippen molar-refractivity contribution in [3.63, 3.8) is 0 Å². The molecule has 0 radical (unpaired) electrons. The largest absolute Gasteiger partial charge is 0.490 e. The van der Waals surface area contributed by atoms with E-state index in [1.165, 1.54) is 0 Å². The third kappa shape index (κ3) is 4.09. The van der Waals surface area contributed by atoms with Crippen LogP contribution in [-0.2, 0) is 0 Å². The van der Waals surface area contributed by atoms with E-state index in [0.29, 0.717) is 18.0 Å². The lowest BCUT2D eigenvalue weighted by Gasteiger charge is -2.30. The Kier molecular flexibility index (Phi) is 5.60. The average Bonchev–Trinajstić information content (AvgIpc) is 2.85. The molecule has 8 heteroatoms. The number of hydrogen-bond acceptors (Lipinski definition) is 7. The monoisotopic (exact) mass is 430 g/mol. The summed E-state index contributed by atoms with van der Waals surface area (Å²) in [5.41, 5.74) is 4.72. The van der Waals surface area contributed by atoms with Crippen molar-refractivity contribution in [1.82, 2.24) is 15.3 Å². The van der Waals surface area contributed by atoms with Gasteiger partial charge in [0.25, 0.3) is 5.91 Å². The molecule has 0 atom stereocenters. The number of benzene rings is 1. The number of nitrogens with zero attached hydrogens (tertiary/aromatic N) is 4. The number of amides is 1. The van der Waals surface area contributed by atoms with E-state index in [1.807, 2.05) is 36.4 Å². The molecule has 2 aromatic heterocycles. The zero-order chi connectivity index (χ0) is 21.9. The Balaban J connectivity index is 1.38. The Bertz CT molecular complexity index is 1130. The lowest BCUT2D eigenvalue weighted by Crippen LogP contribution is -2.43. The summed E-state index contributed by atoms with van der Waals surface area (Å²) >= 11 is 0. The summed E-state index contributed by atoms with van der Waals surface area (Å²) in [6, 6.07) is 13.5. The summed E-state index contributed by atoms with van der Waals surface area (Å²) < 4.78 is 5.82. The van der Waals surface area contributed by atoms with Crippen LogP contribution in [0.1, 0.15) is 10.5 Å². The molecule has 0 aliphatic carbocycles. The first-order valence-corrected chi connectivity index (χ1v) is 10.9. The van der Waals surface area contributed by atoms with Crippen LogP contribution in [0.25, 0.3) is 11.3 Å². The van der Waals surface area contributed by atoms with Gasteiger partial charge in [-0.3, -0.25) is 9.78 Å². The average molecular weight is 431 g/mol. The number of nitrogens with one attached hydrogen (secondary N) is 2. The third-order valence-electron chi connectivity index (χ3n) is 5.84. The van der Waals surface area contributed by atoms with Gasteiger partial charge in [0, 0.05) is 45.0 Å². The molecule has 0 bridgehead atoms. The number of hydrogen-bond donors (Lipinski definition) is 2. The molecule has 2 aliphatic rings.